The summed E-state index contributed by atoms with van der Waals surface area (Å²) in [7, 11) is 6.20. The second-order valence-corrected chi connectivity index (χ2v) is 3.64. The highest BCUT2D eigenvalue weighted by Gasteiger charge is 2.05. The molecular formula is C5H13IN2. The normalized spacial score (nSPS) is 15.4. The number of nitrogens with zero attached hydrogens (tertiary/aromatic N) is 2. The molecule has 0 saturated carbocycles. The molecule has 1 atom stereocenters. The van der Waals surface area contributed by atoms with Crippen LogP contribution in [0.25, 0.3) is 0 Å². The van der Waals surface area contributed by atoms with Crippen molar-refractivity contribution >= 4 is 22.9 Å². The molecule has 0 aliphatic rings. The molecule has 0 amide bonds. The molecule has 0 fully saturated rings. The fourth-order valence-corrected chi connectivity index (χ4v) is 0.816. The lowest BCUT2D eigenvalue weighted by Crippen LogP contribution is -2.34. The lowest BCUT2D eigenvalue weighted by Gasteiger charge is -2.24. The van der Waals surface area contributed by atoms with Gasteiger partial charge in [0.25, 0.3) is 0 Å². The van der Waals surface area contributed by atoms with Gasteiger partial charge in [-0.2, -0.15) is 0 Å². The minimum atomic E-state index is 0.524. The highest BCUT2D eigenvalue weighted by Crippen LogP contribution is 2.02. The van der Waals surface area contributed by atoms with Gasteiger partial charge in [-0.05, 0) is 28.1 Å². The van der Waals surface area contributed by atoms with E-state index >= 15 is 0 Å². The second-order valence-electron chi connectivity index (χ2n) is 2.12. The molecule has 0 heterocycles. The first-order chi connectivity index (χ1) is 3.55. The van der Waals surface area contributed by atoms with Gasteiger partial charge in [0.1, 0.15) is 0 Å². The van der Waals surface area contributed by atoms with Gasteiger partial charge < -0.3 is 0 Å². The van der Waals surface area contributed by atoms with Crippen molar-refractivity contribution < 1.29 is 0 Å². The molecule has 0 radical (unpaired) electrons. The van der Waals surface area contributed by atoms with E-state index in [9.17, 15) is 0 Å². The van der Waals surface area contributed by atoms with E-state index in [1.165, 1.54) is 0 Å². The lowest BCUT2D eigenvalue weighted by molar-refractivity contribution is 0.221. The molecule has 0 aromatic carbocycles. The monoisotopic (exact) mass is 228 g/mol. The molecule has 8 heavy (non-hydrogen) atoms. The van der Waals surface area contributed by atoms with Gasteiger partial charge in [0.2, 0.25) is 0 Å². The number of rotatable bonds is 2. The Kier molecular flexibility index (Phi) is 3.93. The maximum Gasteiger partial charge on any atom is 0.0676 e. The molecule has 1 unspecified atom stereocenters. The van der Waals surface area contributed by atoms with Gasteiger partial charge in [0, 0.05) is 22.9 Å². The summed E-state index contributed by atoms with van der Waals surface area (Å²) in [6.07, 6.45) is 0.524. The van der Waals surface area contributed by atoms with Crippen LogP contribution in [-0.4, -0.2) is 35.3 Å². The molecule has 0 aliphatic carbocycles. The quantitative estimate of drug-likeness (QED) is 0.397. The van der Waals surface area contributed by atoms with Gasteiger partial charge in [0.05, 0.1) is 6.17 Å². The summed E-state index contributed by atoms with van der Waals surface area (Å²) >= 11 is 2.28. The Morgan fingerprint density at radius 1 is 1.25 bits per heavy atom. The lowest BCUT2D eigenvalue weighted by atomic mass is 10.5. The average molecular weight is 228 g/mol. The Morgan fingerprint density at radius 3 is 1.62 bits per heavy atom. The summed E-state index contributed by atoms with van der Waals surface area (Å²) in [6.45, 7) is 2.16. The summed E-state index contributed by atoms with van der Waals surface area (Å²) in [5.41, 5.74) is 0. The molecule has 0 N–H and O–H groups in total. The highest BCUT2D eigenvalue weighted by atomic mass is 127. The Hall–Kier alpha value is 0.650. The van der Waals surface area contributed by atoms with Gasteiger partial charge in [-0.1, -0.05) is 0 Å². The topological polar surface area (TPSA) is 6.48 Å². The van der Waals surface area contributed by atoms with E-state index in [0.717, 1.165) is 0 Å². The fraction of sp³-hybridized carbons (Fsp3) is 1.00. The predicted octanol–water partition coefficient (Wildman–Crippen LogP) is 1.18. The molecule has 50 valence electrons. The third-order valence-electron chi connectivity index (χ3n) is 1.26. The van der Waals surface area contributed by atoms with E-state index < -0.39 is 0 Å². The molecule has 0 bridgehead atoms. The molecule has 2 nitrogen and oxygen atoms in total. The Bertz CT molecular complexity index is 55.4. The largest absolute Gasteiger partial charge is 0.294 e. The van der Waals surface area contributed by atoms with Crippen LogP contribution in [0.4, 0.5) is 0 Å². The maximum absolute atomic E-state index is 2.28. The molecule has 0 rings (SSSR count). The van der Waals surface area contributed by atoms with Crippen molar-refractivity contribution in [3.05, 3.63) is 0 Å². The van der Waals surface area contributed by atoms with Crippen LogP contribution in [0, 0.1) is 0 Å². The van der Waals surface area contributed by atoms with E-state index in [1.807, 2.05) is 0 Å². The maximum atomic E-state index is 2.28. The van der Waals surface area contributed by atoms with E-state index in [2.05, 4.69) is 58.9 Å². The van der Waals surface area contributed by atoms with Crippen molar-refractivity contribution in [1.82, 2.24) is 8.01 Å². The first kappa shape index (κ1) is 8.65. The van der Waals surface area contributed by atoms with Crippen molar-refractivity contribution in [2.24, 2.45) is 0 Å². The third kappa shape index (κ3) is 2.84. The van der Waals surface area contributed by atoms with Gasteiger partial charge in [0.15, 0.2) is 0 Å². The molecule has 0 saturated heterocycles. The van der Waals surface area contributed by atoms with Crippen LogP contribution in [-0.2, 0) is 0 Å². The van der Waals surface area contributed by atoms with Crippen LogP contribution in [0.1, 0.15) is 6.92 Å². The minimum Gasteiger partial charge on any atom is -0.294 e. The van der Waals surface area contributed by atoms with Crippen LogP contribution in [0.2, 0.25) is 0 Å². The zero-order chi connectivity index (χ0) is 6.73. The van der Waals surface area contributed by atoms with Crippen LogP contribution in [0.5, 0.6) is 0 Å². The van der Waals surface area contributed by atoms with Gasteiger partial charge in [-0.3, -0.25) is 4.90 Å². The Morgan fingerprint density at radius 2 is 1.62 bits per heavy atom. The molecular weight excluding hydrogens is 215 g/mol. The van der Waals surface area contributed by atoms with Crippen molar-refractivity contribution in [3.8, 4) is 0 Å². The fourth-order valence-electron chi connectivity index (χ4n) is 0.318. The van der Waals surface area contributed by atoms with E-state index in [4.69, 9.17) is 0 Å². The van der Waals surface area contributed by atoms with Crippen molar-refractivity contribution in [2.45, 2.75) is 13.1 Å². The molecule has 3 heteroatoms. The van der Waals surface area contributed by atoms with E-state index in [-0.39, 0.29) is 0 Å². The average Bonchev–Trinajstić information content (AvgIpc) is 1.64. The van der Waals surface area contributed by atoms with Crippen LogP contribution < -0.4 is 0 Å². The summed E-state index contributed by atoms with van der Waals surface area (Å²) < 4.78 is 2.14. The summed E-state index contributed by atoms with van der Waals surface area (Å²) in [5.74, 6) is 0. The van der Waals surface area contributed by atoms with Gasteiger partial charge in [-0.25, -0.2) is 3.11 Å². The summed E-state index contributed by atoms with van der Waals surface area (Å²) in [4.78, 5) is 2.16. The van der Waals surface area contributed by atoms with Crippen LogP contribution >= 0.6 is 22.9 Å². The second kappa shape index (κ2) is 3.63. The van der Waals surface area contributed by atoms with Crippen molar-refractivity contribution in [2.75, 3.05) is 21.1 Å². The number of hydrogen-bond acceptors (Lipinski definition) is 2. The number of hydrogen-bond donors (Lipinski definition) is 0. The summed E-state index contributed by atoms with van der Waals surface area (Å²) in [5, 5.41) is 0. The number of halogens is 1. The molecule has 0 spiro atoms. The first-order valence-corrected chi connectivity index (χ1v) is 3.57. The molecule has 0 aliphatic heterocycles. The Labute approximate surface area is 65.3 Å². The van der Waals surface area contributed by atoms with Crippen LogP contribution in [0.15, 0.2) is 0 Å². The van der Waals surface area contributed by atoms with Crippen molar-refractivity contribution in [1.29, 1.82) is 0 Å². The van der Waals surface area contributed by atoms with E-state index in [1.54, 1.807) is 0 Å². The highest BCUT2D eigenvalue weighted by molar-refractivity contribution is 14.1. The summed E-state index contributed by atoms with van der Waals surface area (Å²) in [6, 6.07) is 0. The zero-order valence-electron chi connectivity index (χ0n) is 5.85. The molecule has 0 aromatic heterocycles. The van der Waals surface area contributed by atoms with Crippen LogP contribution in [0.3, 0.4) is 0 Å². The smallest absolute Gasteiger partial charge is 0.0676 e. The first-order valence-electron chi connectivity index (χ1n) is 2.60. The molecule has 0 aromatic rings. The minimum absolute atomic E-state index is 0.524. The SMILES string of the molecule is CC(N(C)C)N(C)I. The van der Waals surface area contributed by atoms with Gasteiger partial charge >= 0.3 is 0 Å². The predicted molar refractivity (Wildman–Crippen MR) is 44.9 cm³/mol. The Balaban J connectivity index is 3.46. The standard InChI is InChI=1S/C5H13IN2/c1-5(7(2)3)8(4)6/h5H,1-4H3. The zero-order valence-corrected chi connectivity index (χ0v) is 8.01. The third-order valence-corrected chi connectivity index (χ3v) is 2.07. The van der Waals surface area contributed by atoms with Crippen molar-refractivity contribution in [3.63, 3.8) is 0 Å². The van der Waals surface area contributed by atoms with Gasteiger partial charge in [-0.15, -0.1) is 0 Å². The van der Waals surface area contributed by atoms with E-state index in [0.29, 0.717) is 6.17 Å².